The molecule has 3 heteroatoms. The molecule has 1 aliphatic carbocycles. The molecule has 1 fully saturated rings. The van der Waals surface area contributed by atoms with Gasteiger partial charge < -0.3 is 5.73 Å². The van der Waals surface area contributed by atoms with Gasteiger partial charge in [-0.25, -0.2) is 4.98 Å². The summed E-state index contributed by atoms with van der Waals surface area (Å²) in [5.41, 5.74) is 8.61. The van der Waals surface area contributed by atoms with Crippen LogP contribution in [0.25, 0.3) is 10.6 Å². The Kier molecular flexibility index (Phi) is 2.96. The van der Waals surface area contributed by atoms with Gasteiger partial charge in [-0.1, -0.05) is 36.8 Å². The fourth-order valence-corrected chi connectivity index (χ4v) is 4.05. The number of nitrogens with two attached hydrogens (primary N) is 1. The van der Waals surface area contributed by atoms with E-state index < -0.39 is 0 Å². The van der Waals surface area contributed by atoms with Crippen LogP contribution in [-0.4, -0.2) is 11.5 Å². The maximum Gasteiger partial charge on any atom is 0.123 e. The van der Waals surface area contributed by atoms with Gasteiger partial charge in [-0.05, 0) is 19.8 Å². The molecule has 1 aromatic carbocycles. The van der Waals surface area contributed by atoms with Crippen LogP contribution in [0.1, 0.15) is 29.8 Å². The van der Waals surface area contributed by atoms with Crippen LogP contribution in [0.15, 0.2) is 30.3 Å². The van der Waals surface area contributed by atoms with Crippen molar-refractivity contribution in [2.75, 3.05) is 6.54 Å². The highest BCUT2D eigenvalue weighted by Gasteiger charge is 2.40. The zero-order valence-corrected chi connectivity index (χ0v) is 11.5. The number of thiazole rings is 1. The third-order valence-electron chi connectivity index (χ3n) is 4.00. The minimum Gasteiger partial charge on any atom is -0.330 e. The van der Waals surface area contributed by atoms with Gasteiger partial charge in [-0.2, -0.15) is 0 Å². The lowest BCUT2D eigenvalue weighted by Crippen LogP contribution is -2.41. The van der Waals surface area contributed by atoms with Gasteiger partial charge >= 0.3 is 0 Å². The van der Waals surface area contributed by atoms with E-state index in [2.05, 4.69) is 31.2 Å². The summed E-state index contributed by atoms with van der Waals surface area (Å²) in [6.07, 6.45) is 3.75. The molecule has 0 unspecified atom stereocenters. The Bertz CT molecular complexity index is 535. The Morgan fingerprint density at radius 3 is 2.56 bits per heavy atom. The minimum absolute atomic E-state index is 0.231. The average Bonchev–Trinajstić information content (AvgIpc) is 2.73. The van der Waals surface area contributed by atoms with Crippen molar-refractivity contribution in [1.82, 2.24) is 4.98 Å². The van der Waals surface area contributed by atoms with Gasteiger partial charge in [0.15, 0.2) is 0 Å². The van der Waals surface area contributed by atoms with Gasteiger partial charge in [0.2, 0.25) is 0 Å². The summed E-state index contributed by atoms with van der Waals surface area (Å²) >= 11 is 1.83. The van der Waals surface area contributed by atoms with E-state index in [1.807, 2.05) is 17.4 Å². The molecule has 0 aliphatic heterocycles. The van der Waals surface area contributed by atoms with Crippen molar-refractivity contribution in [3.63, 3.8) is 0 Å². The molecule has 94 valence electrons. The predicted molar refractivity (Wildman–Crippen MR) is 76.9 cm³/mol. The first-order valence-corrected chi connectivity index (χ1v) is 7.30. The summed E-state index contributed by atoms with van der Waals surface area (Å²) in [5.74, 6) is 0. The summed E-state index contributed by atoms with van der Waals surface area (Å²) in [6.45, 7) is 2.87. The van der Waals surface area contributed by atoms with E-state index >= 15 is 0 Å². The molecule has 2 N–H and O–H groups in total. The monoisotopic (exact) mass is 258 g/mol. The fourth-order valence-electron chi connectivity index (χ4n) is 2.72. The molecule has 0 spiro atoms. The summed E-state index contributed by atoms with van der Waals surface area (Å²) in [5, 5.41) is 1.13. The topological polar surface area (TPSA) is 38.9 Å². The number of aromatic nitrogens is 1. The molecule has 1 heterocycles. The highest BCUT2D eigenvalue weighted by atomic mass is 32.1. The molecule has 3 rings (SSSR count). The van der Waals surface area contributed by atoms with Gasteiger partial charge in [-0.15, -0.1) is 11.3 Å². The lowest BCUT2D eigenvalue weighted by molar-refractivity contribution is 0.257. The van der Waals surface area contributed by atoms with Crippen molar-refractivity contribution in [2.24, 2.45) is 5.73 Å². The molecule has 0 radical (unpaired) electrons. The summed E-state index contributed by atoms with van der Waals surface area (Å²) in [4.78, 5) is 6.15. The Morgan fingerprint density at radius 1 is 1.28 bits per heavy atom. The Labute approximate surface area is 112 Å². The first kappa shape index (κ1) is 11.9. The Balaban J connectivity index is 2.01. The van der Waals surface area contributed by atoms with Crippen LogP contribution in [0.2, 0.25) is 0 Å². The first-order valence-electron chi connectivity index (χ1n) is 6.49. The second-order valence-corrected chi connectivity index (χ2v) is 6.14. The Hall–Kier alpha value is -1.19. The summed E-state index contributed by atoms with van der Waals surface area (Å²) in [6, 6.07) is 10.4. The second kappa shape index (κ2) is 4.48. The number of hydrogen-bond donors (Lipinski definition) is 1. The molecule has 0 amide bonds. The molecule has 0 atom stereocenters. The zero-order chi connectivity index (χ0) is 12.6. The minimum atomic E-state index is 0.231. The van der Waals surface area contributed by atoms with Crippen molar-refractivity contribution in [2.45, 2.75) is 31.6 Å². The number of aryl methyl sites for hydroxylation is 1. The quantitative estimate of drug-likeness (QED) is 0.915. The third-order valence-corrected chi connectivity index (χ3v) is 5.45. The van der Waals surface area contributed by atoms with Crippen molar-refractivity contribution in [3.05, 3.63) is 40.9 Å². The maximum atomic E-state index is 6.00. The first-order chi connectivity index (χ1) is 8.75. The SMILES string of the molecule is Cc1nc(-c2ccccc2)sc1C1(CN)CCC1. The lowest BCUT2D eigenvalue weighted by atomic mass is 9.67. The van der Waals surface area contributed by atoms with Gasteiger partial charge in [0.25, 0.3) is 0 Å². The van der Waals surface area contributed by atoms with E-state index in [1.54, 1.807) is 0 Å². The van der Waals surface area contributed by atoms with Crippen LogP contribution < -0.4 is 5.73 Å². The second-order valence-electron chi connectivity index (χ2n) is 5.14. The maximum absolute atomic E-state index is 6.00. The normalized spacial score (nSPS) is 17.4. The predicted octanol–water partition coefficient (Wildman–Crippen LogP) is 3.50. The fraction of sp³-hybridized carbons (Fsp3) is 0.400. The molecule has 0 bridgehead atoms. The van der Waals surface area contributed by atoms with Gasteiger partial charge in [-0.3, -0.25) is 0 Å². The molecular weight excluding hydrogens is 240 g/mol. The molecule has 1 aliphatic rings. The smallest absolute Gasteiger partial charge is 0.123 e. The summed E-state index contributed by atoms with van der Waals surface area (Å²) in [7, 11) is 0. The number of hydrogen-bond acceptors (Lipinski definition) is 3. The van der Waals surface area contributed by atoms with E-state index in [1.165, 1.54) is 35.4 Å². The molecule has 2 aromatic rings. The highest BCUT2D eigenvalue weighted by Crippen LogP contribution is 2.47. The van der Waals surface area contributed by atoms with Gasteiger partial charge in [0.05, 0.1) is 5.69 Å². The van der Waals surface area contributed by atoms with E-state index in [0.717, 1.165) is 11.6 Å². The van der Waals surface area contributed by atoms with Crippen molar-refractivity contribution in [3.8, 4) is 10.6 Å². The van der Waals surface area contributed by atoms with Gasteiger partial charge in [0.1, 0.15) is 5.01 Å². The standard InChI is InChI=1S/C15H18N2S/c1-11-13(15(10-16)8-5-9-15)18-14(17-11)12-6-3-2-4-7-12/h2-4,6-7H,5,8-10,16H2,1H3. The largest absolute Gasteiger partial charge is 0.330 e. The average molecular weight is 258 g/mol. The van der Waals surface area contributed by atoms with Crippen LogP contribution >= 0.6 is 11.3 Å². The summed E-state index contributed by atoms with van der Waals surface area (Å²) < 4.78 is 0. The van der Waals surface area contributed by atoms with Crippen molar-refractivity contribution in [1.29, 1.82) is 0 Å². The molecule has 0 saturated heterocycles. The van der Waals surface area contributed by atoms with Crippen LogP contribution in [0.3, 0.4) is 0 Å². The van der Waals surface area contributed by atoms with Gasteiger partial charge in [0, 0.05) is 22.4 Å². The number of benzene rings is 1. The van der Waals surface area contributed by atoms with E-state index in [-0.39, 0.29) is 5.41 Å². The van der Waals surface area contributed by atoms with E-state index in [9.17, 15) is 0 Å². The van der Waals surface area contributed by atoms with E-state index in [4.69, 9.17) is 10.7 Å². The zero-order valence-electron chi connectivity index (χ0n) is 10.6. The highest BCUT2D eigenvalue weighted by molar-refractivity contribution is 7.15. The van der Waals surface area contributed by atoms with Crippen molar-refractivity contribution >= 4 is 11.3 Å². The lowest BCUT2D eigenvalue weighted by Gasteiger charge is -2.40. The van der Waals surface area contributed by atoms with Crippen LogP contribution in [0.5, 0.6) is 0 Å². The number of rotatable bonds is 3. The number of nitrogens with zero attached hydrogens (tertiary/aromatic N) is 1. The molecule has 2 nitrogen and oxygen atoms in total. The molecule has 1 aromatic heterocycles. The van der Waals surface area contributed by atoms with Crippen molar-refractivity contribution < 1.29 is 0 Å². The molecule has 1 saturated carbocycles. The van der Waals surface area contributed by atoms with E-state index in [0.29, 0.717) is 0 Å². The third kappa shape index (κ3) is 1.78. The molecular formula is C15H18N2S. The molecule has 18 heavy (non-hydrogen) atoms. The van der Waals surface area contributed by atoms with Crippen LogP contribution in [0, 0.1) is 6.92 Å². The Morgan fingerprint density at radius 2 is 2.00 bits per heavy atom. The van der Waals surface area contributed by atoms with Crippen LogP contribution in [-0.2, 0) is 5.41 Å². The van der Waals surface area contributed by atoms with Crippen LogP contribution in [0.4, 0.5) is 0 Å².